The van der Waals surface area contributed by atoms with E-state index in [0.29, 0.717) is 19.0 Å². The first-order chi connectivity index (χ1) is 24.5. The van der Waals surface area contributed by atoms with E-state index in [4.69, 9.17) is 0 Å². The fourth-order valence-electron chi connectivity index (χ4n) is 11.6. The highest BCUT2D eigenvalue weighted by molar-refractivity contribution is 5.98. The van der Waals surface area contributed by atoms with E-state index in [9.17, 15) is 24.3 Å². The van der Waals surface area contributed by atoms with Crippen LogP contribution in [0.3, 0.4) is 0 Å². The molecule has 0 aromatic carbocycles. The fourth-order valence-corrected chi connectivity index (χ4v) is 11.6. The maximum Gasteiger partial charge on any atom is 0.330 e. The number of fused-ring (bicyclic) bond motifs is 1. The summed E-state index contributed by atoms with van der Waals surface area (Å²) in [7, 11) is 0. The van der Waals surface area contributed by atoms with Crippen molar-refractivity contribution < 1.29 is 29.1 Å². The number of aliphatic carboxylic acids is 1. The largest absolute Gasteiger partial charge is 0.479 e. The monoisotopic (exact) mass is 721 g/mol. The van der Waals surface area contributed by atoms with Crippen LogP contribution in [0.15, 0.2) is 12.7 Å². The summed E-state index contributed by atoms with van der Waals surface area (Å²) in [6, 6.07) is -2.34. The van der Waals surface area contributed by atoms with Crippen LogP contribution >= 0.6 is 0 Å². The molecule has 5 saturated carbocycles. The second kappa shape index (κ2) is 13.1. The molecule has 0 bridgehead atoms. The summed E-state index contributed by atoms with van der Waals surface area (Å²) < 4.78 is 0. The molecular formula is C41H63N5O6. The lowest BCUT2D eigenvalue weighted by molar-refractivity contribution is -0.147. The Hall–Kier alpha value is -2.95. The molecule has 11 nitrogen and oxygen atoms in total. The number of carbonyl (C=O) groups excluding carboxylic acids is 4. The van der Waals surface area contributed by atoms with Gasteiger partial charge in [0.1, 0.15) is 23.7 Å². The zero-order chi connectivity index (χ0) is 37.4. The molecule has 288 valence electrons. The minimum absolute atomic E-state index is 0.0192. The zero-order valence-corrected chi connectivity index (χ0v) is 32.2. The average molecular weight is 722 g/mol. The van der Waals surface area contributed by atoms with E-state index >= 15 is 4.79 Å². The molecule has 0 aromatic heterocycles. The van der Waals surface area contributed by atoms with Crippen molar-refractivity contribution in [3.05, 3.63) is 12.7 Å². The van der Waals surface area contributed by atoms with Gasteiger partial charge in [0.05, 0.1) is 6.04 Å². The van der Waals surface area contributed by atoms with Gasteiger partial charge >= 0.3 is 5.97 Å². The highest BCUT2D eigenvalue weighted by atomic mass is 16.4. The smallest absolute Gasteiger partial charge is 0.330 e. The molecular weight excluding hydrogens is 658 g/mol. The molecule has 2 heterocycles. The SMILES string of the molecule is C=C[C@@H]1C[C@]1(NC(=O)[C@@H]1C[C@@]2(CN1C(=O)[C@@H](NC(=O)[C@@H](NC(=O)[C@@H]1CCCCN1C1CC1)C1CCCCC1)C(C)(C)C)C(C)(C)C21CCC1)C(=O)O. The van der Waals surface area contributed by atoms with Gasteiger partial charge in [0.2, 0.25) is 23.6 Å². The first kappa shape index (κ1) is 37.4. The van der Waals surface area contributed by atoms with Gasteiger partial charge in [-0.2, -0.15) is 0 Å². The number of carboxylic acids is 1. The fraction of sp³-hybridized carbons (Fsp3) is 0.829. The van der Waals surface area contributed by atoms with Crippen molar-refractivity contribution >= 4 is 29.6 Å². The maximum atomic E-state index is 15.0. The summed E-state index contributed by atoms with van der Waals surface area (Å²) in [5, 5.41) is 19.4. The number of nitrogens with zero attached hydrogens (tertiary/aromatic N) is 2. The topological polar surface area (TPSA) is 148 Å². The third-order valence-corrected chi connectivity index (χ3v) is 15.4. The lowest BCUT2D eigenvalue weighted by Gasteiger charge is -2.39. The third-order valence-electron chi connectivity index (χ3n) is 15.4. The van der Waals surface area contributed by atoms with E-state index < -0.39 is 41.0 Å². The predicted octanol–water partition coefficient (Wildman–Crippen LogP) is 4.54. The number of rotatable bonds is 11. The standard InChI is InChI=1S/C41H63N5O6/c1-7-26-22-41(26,36(51)52)44-33(48)29-23-40(38(5,6)39(40)19-13-20-39)24-46(29)35(50)31(37(2,3)4)43-34(49)30(25-14-9-8-10-15-25)42-32(47)28-16-11-12-21-45(28)27-17-18-27/h7,25-31H,1,8-24H2,2-6H3,(H,42,47)(H,43,49)(H,44,48)(H,51,52)/t26-,28+,29+,30+,31-,40-,41-/m1/s1. The Morgan fingerprint density at radius 1 is 0.827 bits per heavy atom. The van der Waals surface area contributed by atoms with Crippen LogP contribution in [0.2, 0.25) is 0 Å². The number of carbonyl (C=O) groups is 5. The Morgan fingerprint density at radius 2 is 1.50 bits per heavy atom. The molecule has 4 N–H and O–H groups in total. The summed E-state index contributed by atoms with van der Waals surface area (Å²) in [4.78, 5) is 74.2. The molecule has 7 rings (SSSR count). The molecule has 7 aliphatic rings. The number of piperidine rings is 1. The van der Waals surface area contributed by atoms with Gasteiger partial charge in [0, 0.05) is 23.9 Å². The zero-order valence-electron chi connectivity index (χ0n) is 32.2. The normalized spacial score (nSPS) is 34.9. The Kier molecular flexibility index (Phi) is 9.43. The van der Waals surface area contributed by atoms with Crippen LogP contribution in [0.25, 0.3) is 0 Å². The van der Waals surface area contributed by atoms with Gasteiger partial charge in [0.25, 0.3) is 0 Å². The van der Waals surface area contributed by atoms with Crippen LogP contribution in [-0.4, -0.2) is 93.3 Å². The molecule has 7 atom stereocenters. The van der Waals surface area contributed by atoms with Crippen molar-refractivity contribution in [3.8, 4) is 0 Å². The highest BCUT2D eigenvalue weighted by Crippen LogP contribution is 2.88. The Labute approximate surface area is 309 Å². The number of nitrogens with one attached hydrogen (secondary N) is 3. The molecule has 0 radical (unpaired) electrons. The van der Waals surface area contributed by atoms with Crippen LogP contribution in [0.1, 0.15) is 131 Å². The van der Waals surface area contributed by atoms with Crippen LogP contribution < -0.4 is 16.0 Å². The predicted molar refractivity (Wildman–Crippen MR) is 197 cm³/mol. The number of hydrogen-bond acceptors (Lipinski definition) is 6. The minimum atomic E-state index is -1.41. The van der Waals surface area contributed by atoms with E-state index in [-0.39, 0.29) is 58.3 Å². The molecule has 7 fully saturated rings. The van der Waals surface area contributed by atoms with Crippen molar-refractivity contribution in [2.45, 2.75) is 167 Å². The van der Waals surface area contributed by atoms with E-state index in [1.54, 1.807) is 11.0 Å². The number of carboxylic acid groups (broad SMARTS) is 1. The first-order valence-corrected chi connectivity index (χ1v) is 20.4. The van der Waals surface area contributed by atoms with E-state index in [0.717, 1.165) is 90.0 Å². The summed E-state index contributed by atoms with van der Waals surface area (Å²) in [5.41, 5.74) is -2.41. The van der Waals surface area contributed by atoms with Gasteiger partial charge in [-0.3, -0.25) is 24.1 Å². The molecule has 2 saturated heterocycles. The Balaban J connectivity index is 1.15. The van der Waals surface area contributed by atoms with Crippen molar-refractivity contribution in [1.29, 1.82) is 0 Å². The average Bonchev–Trinajstić information content (AvgIpc) is 4.03. The van der Waals surface area contributed by atoms with Gasteiger partial charge in [-0.25, -0.2) is 4.79 Å². The minimum Gasteiger partial charge on any atom is -0.479 e. The van der Waals surface area contributed by atoms with E-state index in [1.807, 2.05) is 20.8 Å². The molecule has 4 amide bonds. The molecule has 5 aliphatic carbocycles. The summed E-state index contributed by atoms with van der Waals surface area (Å²) in [6.07, 6.45) is 15.4. The van der Waals surface area contributed by atoms with Crippen LogP contribution in [-0.2, 0) is 24.0 Å². The lowest BCUT2D eigenvalue weighted by atomic mass is 9.73. The second-order valence-corrected chi connectivity index (χ2v) is 19.3. The maximum absolute atomic E-state index is 15.0. The van der Waals surface area contributed by atoms with Crippen molar-refractivity contribution in [2.24, 2.45) is 33.5 Å². The van der Waals surface area contributed by atoms with Gasteiger partial charge in [-0.1, -0.05) is 72.8 Å². The van der Waals surface area contributed by atoms with E-state index in [2.05, 4.69) is 41.3 Å². The molecule has 2 spiro atoms. The molecule has 52 heavy (non-hydrogen) atoms. The van der Waals surface area contributed by atoms with Crippen molar-refractivity contribution in [2.75, 3.05) is 13.1 Å². The Bertz CT molecular complexity index is 1490. The highest BCUT2D eigenvalue weighted by Gasteiger charge is 2.85. The Morgan fingerprint density at radius 3 is 2.04 bits per heavy atom. The van der Waals surface area contributed by atoms with E-state index in [1.165, 1.54) is 0 Å². The lowest BCUT2D eigenvalue weighted by Crippen LogP contribution is -2.63. The number of hydrogen-bond donors (Lipinski definition) is 4. The van der Waals surface area contributed by atoms with Crippen LogP contribution in [0.5, 0.6) is 0 Å². The quantitative estimate of drug-likeness (QED) is 0.229. The molecule has 0 aromatic rings. The molecule has 11 heteroatoms. The number of amides is 4. The van der Waals surface area contributed by atoms with Gasteiger partial charge in [-0.15, -0.1) is 6.58 Å². The summed E-state index contributed by atoms with van der Waals surface area (Å²) >= 11 is 0. The van der Waals surface area contributed by atoms with Crippen LogP contribution in [0, 0.1) is 33.5 Å². The van der Waals surface area contributed by atoms with Gasteiger partial charge < -0.3 is 26.0 Å². The van der Waals surface area contributed by atoms with Crippen molar-refractivity contribution in [3.63, 3.8) is 0 Å². The van der Waals surface area contributed by atoms with Crippen LogP contribution in [0.4, 0.5) is 0 Å². The van der Waals surface area contributed by atoms with Gasteiger partial charge in [-0.05, 0) is 92.9 Å². The second-order valence-electron chi connectivity index (χ2n) is 19.3. The third kappa shape index (κ3) is 5.90. The molecule has 0 unspecified atom stereocenters. The van der Waals surface area contributed by atoms with Crippen molar-refractivity contribution in [1.82, 2.24) is 25.8 Å². The molecule has 2 aliphatic heterocycles. The van der Waals surface area contributed by atoms with Gasteiger partial charge in [0.15, 0.2) is 0 Å². The summed E-state index contributed by atoms with van der Waals surface area (Å²) in [5.74, 6) is -2.68. The number of likely N-dealkylation sites (tertiary alicyclic amines) is 2. The first-order valence-electron chi connectivity index (χ1n) is 20.4. The summed E-state index contributed by atoms with van der Waals surface area (Å²) in [6.45, 7) is 15.4.